The van der Waals surface area contributed by atoms with Gasteiger partial charge in [0, 0.05) is 44.6 Å². The second-order valence-electron chi connectivity index (χ2n) is 6.04. The molecule has 0 spiro atoms. The molecule has 22 heavy (non-hydrogen) atoms. The molecule has 1 aliphatic rings. The van der Waals surface area contributed by atoms with Crippen molar-refractivity contribution in [3.8, 4) is 0 Å². The number of hydrogen-bond acceptors (Lipinski definition) is 5. The molecule has 2 aromatic rings. The minimum absolute atomic E-state index is 0.987. The highest BCUT2D eigenvalue weighted by atomic mass is 32.1. The van der Waals surface area contributed by atoms with Crippen molar-refractivity contribution in [1.82, 2.24) is 25.0 Å². The highest BCUT2D eigenvalue weighted by Gasteiger charge is 2.19. The van der Waals surface area contributed by atoms with Gasteiger partial charge in [0.2, 0.25) is 0 Å². The first-order valence-electron chi connectivity index (χ1n) is 8.04. The van der Waals surface area contributed by atoms with Crippen LogP contribution in [0.4, 0.5) is 0 Å². The number of aryl methyl sites for hydroxylation is 2. The van der Waals surface area contributed by atoms with Crippen LogP contribution in [0.25, 0.3) is 0 Å². The predicted molar refractivity (Wildman–Crippen MR) is 90.1 cm³/mol. The lowest BCUT2D eigenvalue weighted by Crippen LogP contribution is -2.45. The molecule has 0 saturated carbocycles. The lowest BCUT2D eigenvalue weighted by atomic mass is 10.1. The minimum atomic E-state index is 0.987. The van der Waals surface area contributed by atoms with Gasteiger partial charge < -0.3 is 0 Å². The number of piperazine rings is 1. The fourth-order valence-electron chi connectivity index (χ4n) is 3.01. The van der Waals surface area contributed by atoms with E-state index in [0.29, 0.717) is 0 Å². The number of aromatic nitrogens is 3. The van der Waals surface area contributed by atoms with E-state index in [2.05, 4.69) is 51.1 Å². The molecule has 120 valence electrons. The van der Waals surface area contributed by atoms with Gasteiger partial charge in [-0.05, 0) is 25.8 Å². The predicted octanol–water partition coefficient (Wildman–Crippen LogP) is 2.36. The van der Waals surface area contributed by atoms with Crippen molar-refractivity contribution in [2.24, 2.45) is 0 Å². The van der Waals surface area contributed by atoms with Gasteiger partial charge in [-0.1, -0.05) is 6.92 Å². The molecule has 0 atom stereocenters. The average Bonchev–Trinajstić information content (AvgIpc) is 3.08. The maximum Gasteiger partial charge on any atom is 0.0897 e. The van der Waals surface area contributed by atoms with Crippen LogP contribution >= 0.6 is 11.3 Å². The summed E-state index contributed by atoms with van der Waals surface area (Å²) in [4.78, 5) is 9.58. The lowest BCUT2D eigenvalue weighted by molar-refractivity contribution is 0.120. The molecule has 3 rings (SSSR count). The van der Waals surface area contributed by atoms with Gasteiger partial charge in [0.05, 0.1) is 22.1 Å². The van der Waals surface area contributed by atoms with Gasteiger partial charge in [0.15, 0.2) is 0 Å². The van der Waals surface area contributed by atoms with Crippen LogP contribution in [0.1, 0.15) is 34.6 Å². The molecule has 2 aromatic heterocycles. The molecule has 1 aliphatic heterocycles. The van der Waals surface area contributed by atoms with E-state index in [-0.39, 0.29) is 0 Å². The molecule has 6 heteroatoms. The number of H-pyrrole nitrogens is 1. The Labute approximate surface area is 136 Å². The molecular weight excluding hydrogens is 294 g/mol. The second-order valence-corrected chi connectivity index (χ2v) is 7.10. The molecule has 0 radical (unpaired) electrons. The third-order valence-corrected chi connectivity index (χ3v) is 5.27. The number of nitrogens with zero attached hydrogens (tertiary/aromatic N) is 4. The maximum absolute atomic E-state index is 4.57. The molecule has 1 fully saturated rings. The van der Waals surface area contributed by atoms with E-state index in [1.54, 1.807) is 11.3 Å². The Morgan fingerprint density at radius 2 is 1.82 bits per heavy atom. The van der Waals surface area contributed by atoms with Crippen molar-refractivity contribution < 1.29 is 0 Å². The summed E-state index contributed by atoms with van der Waals surface area (Å²) in [5.74, 6) is 0. The van der Waals surface area contributed by atoms with Gasteiger partial charge in [0.1, 0.15) is 0 Å². The lowest BCUT2D eigenvalue weighted by Gasteiger charge is -2.34. The summed E-state index contributed by atoms with van der Waals surface area (Å²) in [5, 5.41) is 11.0. The van der Waals surface area contributed by atoms with Gasteiger partial charge in [-0.2, -0.15) is 5.10 Å². The van der Waals surface area contributed by atoms with Crippen LogP contribution in [0.2, 0.25) is 0 Å². The molecule has 0 amide bonds. The Balaban J connectivity index is 1.50. The van der Waals surface area contributed by atoms with Gasteiger partial charge in [-0.15, -0.1) is 11.3 Å². The summed E-state index contributed by atoms with van der Waals surface area (Å²) in [6.07, 6.45) is 1.00. The molecule has 3 heterocycles. The van der Waals surface area contributed by atoms with Crippen molar-refractivity contribution in [2.45, 2.75) is 40.3 Å². The van der Waals surface area contributed by atoms with Gasteiger partial charge in [0.25, 0.3) is 0 Å². The molecule has 0 aromatic carbocycles. The highest BCUT2D eigenvalue weighted by molar-refractivity contribution is 7.09. The van der Waals surface area contributed by atoms with Gasteiger partial charge in [-0.25, -0.2) is 4.98 Å². The number of hydrogen-bond donors (Lipinski definition) is 1. The van der Waals surface area contributed by atoms with Crippen LogP contribution in [-0.2, 0) is 19.5 Å². The van der Waals surface area contributed by atoms with E-state index in [9.17, 15) is 0 Å². The molecule has 1 N–H and O–H groups in total. The van der Waals surface area contributed by atoms with Crippen molar-refractivity contribution in [1.29, 1.82) is 0 Å². The summed E-state index contributed by atoms with van der Waals surface area (Å²) in [6, 6.07) is 0. The Morgan fingerprint density at radius 1 is 1.14 bits per heavy atom. The van der Waals surface area contributed by atoms with Crippen LogP contribution in [-0.4, -0.2) is 51.2 Å². The smallest absolute Gasteiger partial charge is 0.0897 e. The molecule has 0 bridgehead atoms. The Bertz CT molecular complexity index is 610. The Morgan fingerprint density at radius 3 is 2.36 bits per heavy atom. The molecule has 5 nitrogen and oxygen atoms in total. The van der Waals surface area contributed by atoms with E-state index in [1.807, 2.05) is 0 Å². The fourth-order valence-corrected chi connectivity index (χ4v) is 3.62. The zero-order valence-electron chi connectivity index (χ0n) is 13.7. The van der Waals surface area contributed by atoms with Crippen molar-refractivity contribution >= 4 is 11.3 Å². The van der Waals surface area contributed by atoms with E-state index >= 15 is 0 Å². The van der Waals surface area contributed by atoms with Crippen LogP contribution in [0, 0.1) is 13.8 Å². The molecule has 1 saturated heterocycles. The van der Waals surface area contributed by atoms with Crippen LogP contribution in [0.15, 0.2) is 5.38 Å². The summed E-state index contributed by atoms with van der Waals surface area (Å²) in [6.45, 7) is 12.8. The minimum Gasteiger partial charge on any atom is -0.295 e. The standard InChI is InChI=1S/C16H25N5S/c1-4-15-12(2)16(19-18-15)10-21-7-5-20(6-8-21)9-14-11-22-13(3)17-14/h11H,4-10H2,1-3H3,(H,18,19). The van der Waals surface area contributed by atoms with E-state index in [0.717, 1.165) is 50.7 Å². The van der Waals surface area contributed by atoms with Gasteiger partial charge in [-0.3, -0.25) is 14.9 Å². The number of aromatic amines is 1. The van der Waals surface area contributed by atoms with E-state index in [4.69, 9.17) is 0 Å². The third-order valence-electron chi connectivity index (χ3n) is 4.45. The SMILES string of the molecule is CCc1n[nH]c(CN2CCN(Cc3csc(C)n3)CC2)c1C. The van der Waals surface area contributed by atoms with Crippen LogP contribution < -0.4 is 0 Å². The van der Waals surface area contributed by atoms with Crippen molar-refractivity contribution in [3.63, 3.8) is 0 Å². The van der Waals surface area contributed by atoms with E-state index < -0.39 is 0 Å². The third kappa shape index (κ3) is 3.56. The topological polar surface area (TPSA) is 48.1 Å². The van der Waals surface area contributed by atoms with Crippen LogP contribution in [0.5, 0.6) is 0 Å². The largest absolute Gasteiger partial charge is 0.295 e. The molecule has 0 unspecified atom stereocenters. The fraction of sp³-hybridized carbons (Fsp3) is 0.625. The first kappa shape index (κ1) is 15.6. The number of nitrogens with one attached hydrogen (secondary N) is 1. The van der Waals surface area contributed by atoms with Gasteiger partial charge >= 0.3 is 0 Å². The zero-order chi connectivity index (χ0) is 15.5. The molecule has 0 aliphatic carbocycles. The number of rotatable bonds is 5. The van der Waals surface area contributed by atoms with Crippen molar-refractivity contribution in [2.75, 3.05) is 26.2 Å². The average molecular weight is 319 g/mol. The number of thiazole rings is 1. The second kappa shape index (κ2) is 6.89. The summed E-state index contributed by atoms with van der Waals surface area (Å²) in [7, 11) is 0. The summed E-state index contributed by atoms with van der Waals surface area (Å²) >= 11 is 1.74. The first-order valence-corrected chi connectivity index (χ1v) is 8.92. The van der Waals surface area contributed by atoms with Crippen molar-refractivity contribution in [3.05, 3.63) is 33.0 Å². The summed E-state index contributed by atoms with van der Waals surface area (Å²) < 4.78 is 0. The maximum atomic E-state index is 4.57. The molecular formula is C16H25N5S. The normalized spacial score (nSPS) is 17.2. The van der Waals surface area contributed by atoms with Crippen LogP contribution in [0.3, 0.4) is 0 Å². The highest BCUT2D eigenvalue weighted by Crippen LogP contribution is 2.16. The first-order chi connectivity index (χ1) is 10.7. The van der Waals surface area contributed by atoms with E-state index in [1.165, 1.54) is 22.6 Å². The summed E-state index contributed by atoms with van der Waals surface area (Å²) in [5.41, 5.74) is 5.03. The zero-order valence-corrected chi connectivity index (χ0v) is 14.5. The Hall–Kier alpha value is -1.24. The Kier molecular flexibility index (Phi) is 4.90. The quantitative estimate of drug-likeness (QED) is 0.919. The monoisotopic (exact) mass is 319 g/mol.